The van der Waals surface area contributed by atoms with E-state index in [-0.39, 0.29) is 23.7 Å². The second-order valence-corrected chi connectivity index (χ2v) is 9.19. The van der Waals surface area contributed by atoms with Gasteiger partial charge in [0.05, 0.1) is 18.1 Å². The zero-order valence-electron chi connectivity index (χ0n) is 17.6. The summed E-state index contributed by atoms with van der Waals surface area (Å²) in [7, 11) is -3.58. The Morgan fingerprint density at radius 2 is 1.64 bits per heavy atom. The minimum absolute atomic E-state index is 0.0548. The number of nitrogens with zero attached hydrogens (tertiary/aromatic N) is 1. The number of urea groups is 1. The van der Waals surface area contributed by atoms with E-state index in [4.69, 9.17) is 9.47 Å². The number of nitrogens with one attached hydrogen (secondary N) is 2. The maximum Gasteiger partial charge on any atom is 0.422 e. The summed E-state index contributed by atoms with van der Waals surface area (Å²) in [5, 5.41) is 5.25. The second kappa shape index (κ2) is 10.9. The summed E-state index contributed by atoms with van der Waals surface area (Å²) in [4.78, 5) is 12.2. The Bertz CT molecular complexity index is 1040. The lowest BCUT2D eigenvalue weighted by Crippen LogP contribution is -2.40. The molecule has 2 aromatic carbocycles. The zero-order valence-corrected chi connectivity index (χ0v) is 18.4. The lowest BCUT2D eigenvalue weighted by molar-refractivity contribution is -0.153. The first kappa shape index (κ1) is 24.8. The molecular weight excluding hydrogens is 463 g/mol. The van der Waals surface area contributed by atoms with Crippen LogP contribution in [0.15, 0.2) is 53.4 Å². The minimum atomic E-state index is -4.43. The number of rotatable bonds is 8. The Balaban J connectivity index is 1.46. The van der Waals surface area contributed by atoms with Crippen molar-refractivity contribution >= 4 is 16.1 Å². The Labute approximate surface area is 189 Å². The Morgan fingerprint density at radius 1 is 1.00 bits per heavy atom. The summed E-state index contributed by atoms with van der Waals surface area (Å²) in [5.41, 5.74) is 1.27. The number of hydrogen-bond acceptors (Lipinski definition) is 5. The number of sulfonamides is 1. The number of ether oxygens (including phenoxy) is 2. The SMILES string of the molecule is O=C(NCc1ccc(S(=O)(=O)N2CCOCC2)cc1)NCc1cccc(OCC(F)(F)F)c1. The average Bonchev–Trinajstić information content (AvgIpc) is 2.81. The van der Waals surface area contributed by atoms with Crippen molar-refractivity contribution in [3.8, 4) is 5.75 Å². The van der Waals surface area contributed by atoms with Crippen molar-refractivity contribution in [1.29, 1.82) is 0 Å². The molecule has 0 saturated carbocycles. The van der Waals surface area contributed by atoms with E-state index in [2.05, 4.69) is 10.6 Å². The standard InChI is InChI=1S/C21H24F3N3O5S/c22-21(23,24)15-32-18-3-1-2-17(12-18)14-26-20(28)25-13-16-4-6-19(7-5-16)33(29,30)27-8-10-31-11-9-27/h1-7,12H,8-11,13-15H2,(H2,25,26,28). The topological polar surface area (TPSA) is 97.0 Å². The molecule has 0 unspecified atom stereocenters. The molecule has 2 amide bonds. The van der Waals surface area contributed by atoms with Crippen LogP contribution >= 0.6 is 0 Å². The van der Waals surface area contributed by atoms with E-state index in [1.165, 1.54) is 34.6 Å². The highest BCUT2D eigenvalue weighted by atomic mass is 32.2. The van der Waals surface area contributed by atoms with Crippen LogP contribution < -0.4 is 15.4 Å². The molecule has 0 bridgehead atoms. The number of hydrogen-bond donors (Lipinski definition) is 2. The number of alkyl halides is 3. The van der Waals surface area contributed by atoms with Crippen molar-refractivity contribution in [1.82, 2.24) is 14.9 Å². The molecule has 33 heavy (non-hydrogen) atoms. The predicted octanol–water partition coefficient (Wildman–Crippen LogP) is 2.65. The van der Waals surface area contributed by atoms with Gasteiger partial charge in [0.1, 0.15) is 5.75 Å². The molecule has 0 aliphatic carbocycles. The molecule has 3 rings (SSSR count). The quantitative estimate of drug-likeness (QED) is 0.597. The number of morpholine rings is 1. The molecule has 0 atom stereocenters. The number of carbonyl (C=O) groups excluding carboxylic acids is 1. The van der Waals surface area contributed by atoms with E-state index in [9.17, 15) is 26.4 Å². The van der Waals surface area contributed by atoms with Gasteiger partial charge in [0.15, 0.2) is 6.61 Å². The van der Waals surface area contributed by atoms with Crippen molar-refractivity contribution in [2.45, 2.75) is 24.2 Å². The van der Waals surface area contributed by atoms with Crippen molar-refractivity contribution in [2.24, 2.45) is 0 Å². The third-order valence-corrected chi connectivity index (χ3v) is 6.65. The van der Waals surface area contributed by atoms with E-state index in [1.54, 1.807) is 18.2 Å². The summed E-state index contributed by atoms with van der Waals surface area (Å²) in [5.74, 6) is 0.0548. The van der Waals surface area contributed by atoms with E-state index in [0.717, 1.165) is 0 Å². The Kier molecular flexibility index (Phi) is 8.16. The lowest BCUT2D eigenvalue weighted by Gasteiger charge is -2.26. The van der Waals surface area contributed by atoms with Crippen molar-refractivity contribution in [3.05, 3.63) is 59.7 Å². The third-order valence-electron chi connectivity index (χ3n) is 4.74. The van der Waals surface area contributed by atoms with Gasteiger partial charge in [-0.2, -0.15) is 17.5 Å². The van der Waals surface area contributed by atoms with Crippen LogP contribution in [0, 0.1) is 0 Å². The number of halogens is 3. The van der Waals surface area contributed by atoms with Crippen molar-refractivity contribution in [2.75, 3.05) is 32.9 Å². The maximum atomic E-state index is 12.6. The van der Waals surface area contributed by atoms with Gasteiger partial charge in [-0.05, 0) is 35.4 Å². The van der Waals surface area contributed by atoms with Crippen LogP contribution in [0.5, 0.6) is 5.75 Å². The van der Waals surface area contributed by atoms with Gasteiger partial charge in [-0.25, -0.2) is 13.2 Å². The zero-order chi connectivity index (χ0) is 23.9. The highest BCUT2D eigenvalue weighted by molar-refractivity contribution is 7.89. The van der Waals surface area contributed by atoms with Gasteiger partial charge in [-0.3, -0.25) is 0 Å². The van der Waals surface area contributed by atoms with Crippen molar-refractivity contribution < 1.29 is 35.9 Å². The highest BCUT2D eigenvalue weighted by Crippen LogP contribution is 2.20. The van der Waals surface area contributed by atoms with E-state index < -0.39 is 28.8 Å². The van der Waals surface area contributed by atoms with Gasteiger partial charge >= 0.3 is 12.2 Å². The molecule has 1 heterocycles. The predicted molar refractivity (Wildman–Crippen MR) is 113 cm³/mol. The molecule has 1 saturated heterocycles. The third kappa shape index (κ3) is 7.62. The first-order valence-electron chi connectivity index (χ1n) is 10.1. The normalized spacial score (nSPS) is 15.1. The maximum absolute atomic E-state index is 12.6. The van der Waals surface area contributed by atoms with Crippen LogP contribution in [0.3, 0.4) is 0 Å². The van der Waals surface area contributed by atoms with Gasteiger partial charge in [0.25, 0.3) is 0 Å². The minimum Gasteiger partial charge on any atom is -0.484 e. The fourth-order valence-corrected chi connectivity index (χ4v) is 4.46. The van der Waals surface area contributed by atoms with Crippen LogP contribution in [0.1, 0.15) is 11.1 Å². The number of amides is 2. The van der Waals surface area contributed by atoms with Crippen LogP contribution in [0.4, 0.5) is 18.0 Å². The average molecular weight is 488 g/mol. The monoisotopic (exact) mass is 487 g/mol. The van der Waals surface area contributed by atoms with Gasteiger partial charge < -0.3 is 20.1 Å². The summed E-state index contributed by atoms with van der Waals surface area (Å²) in [6.07, 6.45) is -4.43. The van der Waals surface area contributed by atoms with Crippen LogP contribution in [-0.4, -0.2) is 57.8 Å². The van der Waals surface area contributed by atoms with E-state index >= 15 is 0 Å². The van der Waals surface area contributed by atoms with Crippen LogP contribution in [0.2, 0.25) is 0 Å². The van der Waals surface area contributed by atoms with Gasteiger partial charge in [-0.15, -0.1) is 0 Å². The molecule has 0 aromatic heterocycles. The molecule has 2 aromatic rings. The van der Waals surface area contributed by atoms with Gasteiger partial charge in [0.2, 0.25) is 10.0 Å². The molecular formula is C21H24F3N3O5S. The molecule has 8 nitrogen and oxygen atoms in total. The molecule has 1 aliphatic heterocycles. The molecule has 180 valence electrons. The lowest BCUT2D eigenvalue weighted by atomic mass is 10.2. The molecule has 12 heteroatoms. The molecule has 0 spiro atoms. The van der Waals surface area contributed by atoms with Gasteiger partial charge in [-0.1, -0.05) is 24.3 Å². The van der Waals surface area contributed by atoms with Gasteiger partial charge in [0, 0.05) is 26.2 Å². The number of benzene rings is 2. The molecule has 1 aliphatic rings. The smallest absolute Gasteiger partial charge is 0.422 e. The largest absolute Gasteiger partial charge is 0.484 e. The number of carbonyl (C=O) groups is 1. The molecule has 1 fully saturated rings. The second-order valence-electron chi connectivity index (χ2n) is 7.25. The molecule has 2 N–H and O–H groups in total. The first-order chi connectivity index (χ1) is 15.6. The van der Waals surface area contributed by atoms with E-state index in [0.29, 0.717) is 37.4 Å². The Hall–Kier alpha value is -2.83. The highest BCUT2D eigenvalue weighted by Gasteiger charge is 2.28. The summed E-state index contributed by atoms with van der Waals surface area (Å²) in [6, 6.07) is 11.7. The first-order valence-corrected chi connectivity index (χ1v) is 11.5. The van der Waals surface area contributed by atoms with E-state index in [1.807, 2.05) is 0 Å². The van der Waals surface area contributed by atoms with Crippen LogP contribution in [0.25, 0.3) is 0 Å². The Morgan fingerprint density at radius 3 is 2.27 bits per heavy atom. The summed E-state index contributed by atoms with van der Waals surface area (Å²) >= 11 is 0. The molecule has 0 radical (unpaired) electrons. The van der Waals surface area contributed by atoms with Crippen molar-refractivity contribution in [3.63, 3.8) is 0 Å². The van der Waals surface area contributed by atoms with Crippen LogP contribution in [-0.2, 0) is 27.8 Å². The fraction of sp³-hybridized carbons (Fsp3) is 0.381. The summed E-state index contributed by atoms with van der Waals surface area (Å²) < 4.78 is 73.3. The summed E-state index contributed by atoms with van der Waals surface area (Å²) in [6.45, 7) is 0.204. The fourth-order valence-electron chi connectivity index (χ4n) is 3.05.